The van der Waals surface area contributed by atoms with E-state index in [1.807, 2.05) is 0 Å². The van der Waals surface area contributed by atoms with Gasteiger partial charge in [-0.05, 0) is 18.6 Å². The van der Waals surface area contributed by atoms with Gasteiger partial charge in [0.25, 0.3) is 11.5 Å². The van der Waals surface area contributed by atoms with E-state index in [-0.39, 0.29) is 17.5 Å². The van der Waals surface area contributed by atoms with Crippen molar-refractivity contribution < 1.29 is 9.59 Å². The predicted molar refractivity (Wildman–Crippen MR) is 60.6 cm³/mol. The summed E-state index contributed by atoms with van der Waals surface area (Å²) in [6.45, 7) is 0.412. The molecule has 1 atom stereocenters. The molecule has 1 unspecified atom stereocenters. The smallest absolute Gasteiger partial charge is 0.260 e. The van der Waals surface area contributed by atoms with Gasteiger partial charge in [-0.2, -0.15) is 0 Å². The first-order valence-corrected chi connectivity index (χ1v) is 5.42. The minimum atomic E-state index is -0.412. The molecule has 6 heteroatoms. The molecule has 0 bridgehead atoms. The molecule has 1 saturated heterocycles. The van der Waals surface area contributed by atoms with Crippen LogP contribution in [-0.2, 0) is 4.79 Å². The largest absolute Gasteiger partial charge is 0.354 e. The Kier molecular flexibility index (Phi) is 3.22. The second-order valence-corrected chi connectivity index (χ2v) is 3.93. The van der Waals surface area contributed by atoms with Crippen LogP contribution >= 0.6 is 0 Å². The van der Waals surface area contributed by atoms with Crippen molar-refractivity contribution >= 4 is 11.8 Å². The number of hydrogen-bond acceptors (Lipinski definition) is 3. The summed E-state index contributed by atoms with van der Waals surface area (Å²) in [4.78, 5) is 36.5. The minimum Gasteiger partial charge on any atom is -0.354 e. The maximum atomic E-state index is 11.8. The van der Waals surface area contributed by atoms with Crippen molar-refractivity contribution in [2.75, 3.05) is 6.54 Å². The lowest BCUT2D eigenvalue weighted by Crippen LogP contribution is -2.48. The van der Waals surface area contributed by atoms with E-state index in [0.29, 0.717) is 19.4 Å². The van der Waals surface area contributed by atoms with E-state index in [4.69, 9.17) is 0 Å². The van der Waals surface area contributed by atoms with Gasteiger partial charge in [-0.3, -0.25) is 14.4 Å². The average molecular weight is 235 g/mol. The predicted octanol–water partition coefficient (Wildman–Crippen LogP) is -0.617. The van der Waals surface area contributed by atoms with Gasteiger partial charge >= 0.3 is 0 Å². The second kappa shape index (κ2) is 4.82. The van der Waals surface area contributed by atoms with Crippen LogP contribution in [0.5, 0.6) is 0 Å². The van der Waals surface area contributed by atoms with Crippen LogP contribution < -0.4 is 16.2 Å². The van der Waals surface area contributed by atoms with Gasteiger partial charge in [0.2, 0.25) is 5.91 Å². The molecule has 2 amide bonds. The van der Waals surface area contributed by atoms with E-state index in [1.54, 1.807) is 6.07 Å². The van der Waals surface area contributed by atoms with E-state index in [2.05, 4.69) is 15.6 Å². The van der Waals surface area contributed by atoms with E-state index < -0.39 is 11.5 Å². The van der Waals surface area contributed by atoms with Crippen molar-refractivity contribution in [3.8, 4) is 0 Å². The molecule has 1 aromatic heterocycles. The van der Waals surface area contributed by atoms with Crippen LogP contribution in [-0.4, -0.2) is 29.4 Å². The van der Waals surface area contributed by atoms with Gasteiger partial charge in [-0.1, -0.05) is 0 Å². The number of piperidine rings is 1. The summed E-state index contributed by atoms with van der Waals surface area (Å²) in [5, 5.41) is 5.39. The number of hydrogen-bond donors (Lipinski definition) is 3. The monoisotopic (exact) mass is 235 g/mol. The van der Waals surface area contributed by atoms with Crippen molar-refractivity contribution in [2.45, 2.75) is 18.9 Å². The van der Waals surface area contributed by atoms with Gasteiger partial charge in [0.1, 0.15) is 5.56 Å². The molecule has 3 N–H and O–H groups in total. The third-order valence-electron chi connectivity index (χ3n) is 2.66. The maximum absolute atomic E-state index is 11.8. The summed E-state index contributed by atoms with van der Waals surface area (Å²) in [5.41, 5.74) is -0.325. The highest BCUT2D eigenvalue weighted by atomic mass is 16.2. The lowest BCUT2D eigenvalue weighted by Gasteiger charge is -2.23. The Labute approximate surface area is 97.4 Å². The molecule has 6 nitrogen and oxygen atoms in total. The van der Waals surface area contributed by atoms with E-state index in [9.17, 15) is 14.4 Å². The Hall–Kier alpha value is -2.11. The summed E-state index contributed by atoms with van der Waals surface area (Å²) >= 11 is 0. The van der Waals surface area contributed by atoms with Crippen LogP contribution in [0.25, 0.3) is 0 Å². The van der Waals surface area contributed by atoms with Crippen LogP contribution in [0, 0.1) is 0 Å². The number of amides is 2. The molecule has 1 aliphatic rings. The summed E-state index contributed by atoms with van der Waals surface area (Å²) in [6.07, 6.45) is 2.47. The van der Waals surface area contributed by atoms with Crippen molar-refractivity contribution in [3.63, 3.8) is 0 Å². The van der Waals surface area contributed by atoms with Gasteiger partial charge < -0.3 is 15.6 Å². The highest BCUT2D eigenvalue weighted by molar-refractivity contribution is 5.94. The van der Waals surface area contributed by atoms with Crippen LogP contribution in [0.15, 0.2) is 23.1 Å². The fourth-order valence-corrected chi connectivity index (χ4v) is 1.72. The number of H-pyrrole nitrogens is 1. The number of carbonyl (C=O) groups is 2. The topological polar surface area (TPSA) is 91.1 Å². The summed E-state index contributed by atoms with van der Waals surface area (Å²) in [6, 6.07) is 2.95. The standard InChI is InChI=1S/C11H13N3O3/c15-9-4-3-7(6-13-9)14-11(17)8-2-1-5-12-10(8)16/h1-2,5,7H,3-4,6H2,(H,12,16)(H,13,15)(H,14,17). The second-order valence-electron chi connectivity index (χ2n) is 3.93. The number of rotatable bonds is 2. The highest BCUT2D eigenvalue weighted by Gasteiger charge is 2.20. The lowest BCUT2D eigenvalue weighted by atomic mass is 10.1. The molecule has 0 radical (unpaired) electrons. The van der Waals surface area contributed by atoms with Crippen LogP contribution in [0.4, 0.5) is 0 Å². The Morgan fingerprint density at radius 3 is 2.88 bits per heavy atom. The fourth-order valence-electron chi connectivity index (χ4n) is 1.72. The zero-order chi connectivity index (χ0) is 12.3. The van der Waals surface area contributed by atoms with Gasteiger partial charge in [0, 0.05) is 25.2 Å². The van der Waals surface area contributed by atoms with E-state index in [1.165, 1.54) is 12.3 Å². The highest BCUT2D eigenvalue weighted by Crippen LogP contribution is 2.03. The zero-order valence-electron chi connectivity index (χ0n) is 9.16. The molecule has 0 spiro atoms. The summed E-state index contributed by atoms with van der Waals surface area (Å²) < 4.78 is 0. The van der Waals surface area contributed by atoms with Crippen LogP contribution in [0.1, 0.15) is 23.2 Å². The van der Waals surface area contributed by atoms with Gasteiger partial charge in [0.15, 0.2) is 0 Å². The number of aromatic nitrogens is 1. The average Bonchev–Trinajstić information content (AvgIpc) is 2.32. The fraction of sp³-hybridized carbons (Fsp3) is 0.364. The molecule has 17 heavy (non-hydrogen) atoms. The molecular weight excluding hydrogens is 222 g/mol. The molecule has 90 valence electrons. The van der Waals surface area contributed by atoms with Crippen LogP contribution in [0.2, 0.25) is 0 Å². The Morgan fingerprint density at radius 2 is 2.24 bits per heavy atom. The Bertz CT molecular complexity index is 485. The first-order chi connectivity index (χ1) is 8.16. The Morgan fingerprint density at radius 1 is 1.41 bits per heavy atom. The van der Waals surface area contributed by atoms with Crippen molar-refractivity contribution in [1.82, 2.24) is 15.6 Å². The van der Waals surface area contributed by atoms with Gasteiger partial charge in [-0.25, -0.2) is 0 Å². The quantitative estimate of drug-likeness (QED) is 0.638. The van der Waals surface area contributed by atoms with Gasteiger partial charge in [0.05, 0.1) is 0 Å². The number of aromatic amines is 1. The van der Waals surface area contributed by atoms with E-state index in [0.717, 1.165) is 0 Å². The molecule has 1 aliphatic heterocycles. The lowest BCUT2D eigenvalue weighted by molar-refractivity contribution is -0.122. The number of nitrogens with one attached hydrogen (secondary N) is 3. The minimum absolute atomic E-state index is 0.00643. The molecule has 1 fully saturated rings. The van der Waals surface area contributed by atoms with E-state index >= 15 is 0 Å². The number of pyridine rings is 1. The first kappa shape index (κ1) is 11.4. The molecule has 2 rings (SSSR count). The Balaban J connectivity index is 2.00. The summed E-state index contributed by atoms with van der Waals surface area (Å²) in [7, 11) is 0. The molecule has 0 aromatic carbocycles. The van der Waals surface area contributed by atoms with Crippen molar-refractivity contribution in [3.05, 3.63) is 34.2 Å². The first-order valence-electron chi connectivity index (χ1n) is 5.42. The summed E-state index contributed by atoms with van der Waals surface area (Å²) in [5.74, 6) is -0.416. The van der Waals surface area contributed by atoms with Gasteiger partial charge in [-0.15, -0.1) is 0 Å². The molecular formula is C11H13N3O3. The number of carbonyl (C=O) groups excluding carboxylic acids is 2. The van der Waals surface area contributed by atoms with Crippen molar-refractivity contribution in [1.29, 1.82) is 0 Å². The molecule has 0 saturated carbocycles. The zero-order valence-corrected chi connectivity index (χ0v) is 9.16. The third kappa shape index (κ3) is 2.72. The SMILES string of the molecule is O=C1CCC(NC(=O)c2ccc[nH]c2=O)CN1. The van der Waals surface area contributed by atoms with Crippen LogP contribution in [0.3, 0.4) is 0 Å². The molecule has 0 aliphatic carbocycles. The normalized spacial score (nSPS) is 19.5. The third-order valence-corrected chi connectivity index (χ3v) is 2.66. The maximum Gasteiger partial charge on any atom is 0.260 e. The molecule has 2 heterocycles. The molecule has 1 aromatic rings. The van der Waals surface area contributed by atoms with Crippen molar-refractivity contribution in [2.24, 2.45) is 0 Å².